The summed E-state index contributed by atoms with van der Waals surface area (Å²) in [6, 6.07) is 7.02. The van der Waals surface area contributed by atoms with Gasteiger partial charge in [0, 0.05) is 18.5 Å². The van der Waals surface area contributed by atoms with Gasteiger partial charge >= 0.3 is 0 Å². The van der Waals surface area contributed by atoms with E-state index in [4.69, 9.17) is 10.8 Å². The summed E-state index contributed by atoms with van der Waals surface area (Å²) in [7, 11) is 0. The maximum absolute atomic E-state index is 11.7. The van der Waals surface area contributed by atoms with Crippen molar-refractivity contribution in [3.05, 3.63) is 29.8 Å². The second kappa shape index (κ2) is 5.40. The van der Waals surface area contributed by atoms with Crippen LogP contribution in [0, 0.1) is 0 Å². The van der Waals surface area contributed by atoms with E-state index in [2.05, 4.69) is 5.32 Å². The maximum Gasteiger partial charge on any atom is 0.221 e. The Hall–Kier alpha value is -1.55. The molecule has 0 unspecified atom stereocenters. The monoisotopic (exact) mass is 248 g/mol. The average molecular weight is 248 g/mol. The number of carbonyl (C=O) groups excluding carboxylic acids is 1. The lowest BCUT2D eigenvalue weighted by atomic mass is 9.75. The molecule has 0 bridgehead atoms. The SMILES string of the molecule is NC1(CC(=O)NCCc2ccc(O)cc2)CCC1. The number of carbonyl (C=O) groups is 1. The van der Waals surface area contributed by atoms with Crippen LogP contribution in [-0.4, -0.2) is 23.1 Å². The number of amides is 1. The Bertz CT molecular complexity index is 410. The molecule has 2 rings (SSSR count). The molecule has 1 aromatic rings. The number of rotatable bonds is 5. The molecule has 0 atom stereocenters. The Morgan fingerprint density at radius 1 is 1.33 bits per heavy atom. The Balaban J connectivity index is 1.68. The molecule has 18 heavy (non-hydrogen) atoms. The van der Waals surface area contributed by atoms with E-state index in [-0.39, 0.29) is 17.2 Å². The van der Waals surface area contributed by atoms with Crippen LogP contribution in [0.15, 0.2) is 24.3 Å². The van der Waals surface area contributed by atoms with Crippen molar-refractivity contribution >= 4 is 5.91 Å². The summed E-state index contributed by atoms with van der Waals surface area (Å²) in [6.07, 6.45) is 4.25. The van der Waals surface area contributed by atoms with Gasteiger partial charge in [0.15, 0.2) is 0 Å². The third-order valence-corrected chi connectivity index (χ3v) is 3.53. The van der Waals surface area contributed by atoms with Gasteiger partial charge in [0.2, 0.25) is 5.91 Å². The number of phenols is 1. The lowest BCUT2D eigenvalue weighted by Crippen LogP contribution is -2.50. The van der Waals surface area contributed by atoms with Crippen LogP contribution in [0.1, 0.15) is 31.2 Å². The highest BCUT2D eigenvalue weighted by atomic mass is 16.3. The van der Waals surface area contributed by atoms with Crippen LogP contribution in [0.3, 0.4) is 0 Å². The van der Waals surface area contributed by atoms with Gasteiger partial charge in [-0.25, -0.2) is 0 Å². The Labute approximate surface area is 107 Å². The number of benzene rings is 1. The van der Waals surface area contributed by atoms with Crippen molar-refractivity contribution in [2.24, 2.45) is 5.73 Å². The molecule has 1 aliphatic carbocycles. The van der Waals surface area contributed by atoms with Gasteiger partial charge in [-0.15, -0.1) is 0 Å². The van der Waals surface area contributed by atoms with E-state index in [9.17, 15) is 4.79 Å². The first kappa shape index (κ1) is 12.9. The Morgan fingerprint density at radius 2 is 2.00 bits per heavy atom. The van der Waals surface area contributed by atoms with E-state index in [1.807, 2.05) is 12.1 Å². The van der Waals surface area contributed by atoms with Gasteiger partial charge in [-0.05, 0) is 43.4 Å². The fourth-order valence-electron chi connectivity index (χ4n) is 2.20. The Kier molecular flexibility index (Phi) is 3.87. The summed E-state index contributed by atoms with van der Waals surface area (Å²) in [4.78, 5) is 11.7. The minimum Gasteiger partial charge on any atom is -0.508 e. The van der Waals surface area contributed by atoms with Crippen molar-refractivity contribution in [3.63, 3.8) is 0 Å². The molecule has 0 aromatic heterocycles. The number of hydrogen-bond donors (Lipinski definition) is 3. The summed E-state index contributed by atoms with van der Waals surface area (Å²) in [5, 5.41) is 12.0. The quantitative estimate of drug-likeness (QED) is 0.735. The molecule has 0 spiro atoms. The fraction of sp³-hybridized carbons (Fsp3) is 0.500. The molecule has 1 amide bonds. The first-order valence-corrected chi connectivity index (χ1v) is 6.41. The number of hydrogen-bond acceptors (Lipinski definition) is 3. The summed E-state index contributed by atoms with van der Waals surface area (Å²) in [6.45, 7) is 0.611. The lowest BCUT2D eigenvalue weighted by Gasteiger charge is -2.37. The normalized spacial score (nSPS) is 16.9. The molecular weight excluding hydrogens is 228 g/mol. The molecule has 1 saturated carbocycles. The summed E-state index contributed by atoms with van der Waals surface area (Å²) >= 11 is 0. The van der Waals surface area contributed by atoms with Gasteiger partial charge in [0.25, 0.3) is 0 Å². The topological polar surface area (TPSA) is 75.4 Å². The molecule has 98 valence electrons. The highest BCUT2D eigenvalue weighted by Gasteiger charge is 2.34. The van der Waals surface area contributed by atoms with Crippen LogP contribution >= 0.6 is 0 Å². The number of aromatic hydroxyl groups is 1. The van der Waals surface area contributed by atoms with Crippen LogP contribution in [0.5, 0.6) is 5.75 Å². The minimum absolute atomic E-state index is 0.0379. The van der Waals surface area contributed by atoms with Gasteiger partial charge in [-0.1, -0.05) is 12.1 Å². The van der Waals surface area contributed by atoms with Crippen LogP contribution in [-0.2, 0) is 11.2 Å². The van der Waals surface area contributed by atoms with E-state index in [0.717, 1.165) is 31.2 Å². The zero-order chi connectivity index (χ0) is 13.0. The van der Waals surface area contributed by atoms with E-state index in [1.54, 1.807) is 12.1 Å². The number of phenolic OH excluding ortho intramolecular Hbond substituents is 1. The molecular formula is C14H20N2O2. The summed E-state index contributed by atoms with van der Waals surface area (Å²) in [5.41, 5.74) is 6.86. The summed E-state index contributed by atoms with van der Waals surface area (Å²) in [5.74, 6) is 0.300. The first-order valence-electron chi connectivity index (χ1n) is 6.41. The first-order chi connectivity index (χ1) is 8.57. The zero-order valence-electron chi connectivity index (χ0n) is 10.5. The van der Waals surface area contributed by atoms with Crippen molar-refractivity contribution in [2.75, 3.05) is 6.54 Å². The number of nitrogens with one attached hydrogen (secondary N) is 1. The van der Waals surface area contributed by atoms with Crippen LogP contribution in [0.2, 0.25) is 0 Å². The molecule has 4 heteroatoms. The van der Waals surface area contributed by atoms with Crippen molar-refractivity contribution in [1.29, 1.82) is 0 Å². The van der Waals surface area contributed by atoms with E-state index < -0.39 is 0 Å². The van der Waals surface area contributed by atoms with Gasteiger partial charge in [0.1, 0.15) is 5.75 Å². The zero-order valence-corrected chi connectivity index (χ0v) is 10.5. The second-order valence-corrected chi connectivity index (χ2v) is 5.16. The van der Waals surface area contributed by atoms with Crippen molar-refractivity contribution in [1.82, 2.24) is 5.32 Å². The van der Waals surface area contributed by atoms with Gasteiger partial charge in [0.05, 0.1) is 0 Å². The standard InChI is InChI=1S/C14H20N2O2/c15-14(7-1-8-14)10-13(18)16-9-6-11-2-4-12(17)5-3-11/h2-5,17H,1,6-10,15H2,(H,16,18). The second-order valence-electron chi connectivity index (χ2n) is 5.16. The smallest absolute Gasteiger partial charge is 0.221 e. The fourth-order valence-corrected chi connectivity index (χ4v) is 2.20. The van der Waals surface area contributed by atoms with Crippen LogP contribution < -0.4 is 11.1 Å². The highest BCUT2D eigenvalue weighted by molar-refractivity contribution is 5.77. The maximum atomic E-state index is 11.7. The van der Waals surface area contributed by atoms with E-state index in [1.165, 1.54) is 0 Å². The molecule has 0 aliphatic heterocycles. The third kappa shape index (κ3) is 3.47. The number of nitrogens with two attached hydrogens (primary N) is 1. The Morgan fingerprint density at radius 3 is 2.56 bits per heavy atom. The van der Waals surface area contributed by atoms with Crippen molar-refractivity contribution in [3.8, 4) is 5.75 Å². The van der Waals surface area contributed by atoms with Gasteiger partial charge in [-0.3, -0.25) is 4.79 Å². The minimum atomic E-state index is -0.247. The largest absolute Gasteiger partial charge is 0.508 e. The molecule has 0 heterocycles. The third-order valence-electron chi connectivity index (χ3n) is 3.53. The molecule has 4 nitrogen and oxygen atoms in total. The molecule has 1 aromatic carbocycles. The predicted molar refractivity (Wildman–Crippen MR) is 70.2 cm³/mol. The van der Waals surface area contributed by atoms with Gasteiger partial charge < -0.3 is 16.2 Å². The molecule has 0 saturated heterocycles. The van der Waals surface area contributed by atoms with Crippen molar-refractivity contribution < 1.29 is 9.90 Å². The highest BCUT2D eigenvalue weighted by Crippen LogP contribution is 2.31. The predicted octanol–water partition coefficient (Wildman–Crippen LogP) is 1.32. The molecule has 1 aliphatic rings. The van der Waals surface area contributed by atoms with E-state index in [0.29, 0.717) is 13.0 Å². The van der Waals surface area contributed by atoms with Crippen molar-refractivity contribution in [2.45, 2.75) is 37.6 Å². The van der Waals surface area contributed by atoms with Crippen LogP contribution in [0.25, 0.3) is 0 Å². The van der Waals surface area contributed by atoms with Crippen LogP contribution in [0.4, 0.5) is 0 Å². The summed E-state index contributed by atoms with van der Waals surface area (Å²) < 4.78 is 0. The lowest BCUT2D eigenvalue weighted by molar-refractivity contribution is -0.122. The average Bonchev–Trinajstić information content (AvgIpc) is 2.30. The van der Waals surface area contributed by atoms with Gasteiger partial charge in [-0.2, -0.15) is 0 Å². The molecule has 1 fully saturated rings. The molecule has 0 radical (unpaired) electrons. The van der Waals surface area contributed by atoms with E-state index >= 15 is 0 Å². The molecule has 4 N–H and O–H groups in total.